The zero-order valence-corrected chi connectivity index (χ0v) is 10.9. The quantitative estimate of drug-likeness (QED) is 0.673. The summed E-state index contributed by atoms with van der Waals surface area (Å²) in [5.41, 5.74) is -1.55. The SMILES string of the molecule is CC(=O)/C(C=N)=C(/Nc1cccc2nccn12)C(F)(F)F. The lowest BCUT2D eigenvalue weighted by Gasteiger charge is -2.17. The van der Waals surface area contributed by atoms with Crippen molar-refractivity contribution < 1.29 is 18.0 Å². The van der Waals surface area contributed by atoms with Gasteiger partial charge in [-0.05, 0) is 19.1 Å². The highest BCUT2D eigenvalue weighted by molar-refractivity contribution is 6.12. The molecule has 0 unspecified atom stereocenters. The number of ketones is 1. The number of fused-ring (bicyclic) bond motifs is 1. The molecular weight excluding hydrogens is 285 g/mol. The lowest BCUT2D eigenvalue weighted by molar-refractivity contribution is -0.114. The molecule has 2 aromatic rings. The second-order valence-corrected chi connectivity index (χ2v) is 4.18. The number of halogens is 3. The fourth-order valence-corrected chi connectivity index (χ4v) is 1.82. The summed E-state index contributed by atoms with van der Waals surface area (Å²) in [4.78, 5) is 15.3. The third-order valence-corrected chi connectivity index (χ3v) is 2.76. The predicted octanol–water partition coefficient (Wildman–Crippen LogP) is 2.80. The Morgan fingerprint density at radius 1 is 1.43 bits per heavy atom. The van der Waals surface area contributed by atoms with Gasteiger partial charge in [0.1, 0.15) is 17.2 Å². The molecule has 0 aliphatic heterocycles. The van der Waals surface area contributed by atoms with Crippen LogP contribution in [0.3, 0.4) is 0 Å². The number of nitrogens with zero attached hydrogens (tertiary/aromatic N) is 2. The van der Waals surface area contributed by atoms with E-state index in [9.17, 15) is 18.0 Å². The van der Waals surface area contributed by atoms with E-state index in [0.717, 1.165) is 6.92 Å². The van der Waals surface area contributed by atoms with Crippen LogP contribution in [0.4, 0.5) is 19.0 Å². The van der Waals surface area contributed by atoms with E-state index in [0.29, 0.717) is 11.9 Å². The van der Waals surface area contributed by atoms with Crippen molar-refractivity contribution in [3.05, 3.63) is 41.9 Å². The van der Waals surface area contributed by atoms with E-state index in [1.54, 1.807) is 6.07 Å². The van der Waals surface area contributed by atoms with Crippen molar-refractivity contribution >= 4 is 23.5 Å². The van der Waals surface area contributed by atoms with Gasteiger partial charge in [-0.25, -0.2) is 4.98 Å². The Balaban J connectivity index is 2.57. The zero-order valence-electron chi connectivity index (χ0n) is 10.9. The normalized spacial score (nSPS) is 13.0. The highest BCUT2D eigenvalue weighted by Gasteiger charge is 2.37. The van der Waals surface area contributed by atoms with Gasteiger partial charge in [-0.3, -0.25) is 9.20 Å². The molecule has 0 saturated heterocycles. The van der Waals surface area contributed by atoms with Crippen molar-refractivity contribution in [1.82, 2.24) is 9.38 Å². The summed E-state index contributed by atoms with van der Waals surface area (Å²) >= 11 is 0. The van der Waals surface area contributed by atoms with Gasteiger partial charge in [-0.1, -0.05) is 6.07 Å². The lowest BCUT2D eigenvalue weighted by atomic mass is 10.1. The van der Waals surface area contributed by atoms with Gasteiger partial charge in [0.15, 0.2) is 5.78 Å². The van der Waals surface area contributed by atoms with Crippen LogP contribution in [0.5, 0.6) is 0 Å². The minimum Gasteiger partial charge on any atom is -0.337 e. The smallest absolute Gasteiger partial charge is 0.337 e. The van der Waals surface area contributed by atoms with Crippen molar-refractivity contribution in [1.29, 1.82) is 5.41 Å². The number of carbonyl (C=O) groups excluding carboxylic acids is 1. The standard InChI is InChI=1S/C13H11F3N4O/c1-8(21)9(7-17)12(13(14,15)16)19-11-4-2-3-10-18-5-6-20(10)11/h2-7,17,19H,1H3/b12-9+,17-7?. The van der Waals surface area contributed by atoms with Crippen LogP contribution in [0.15, 0.2) is 41.9 Å². The van der Waals surface area contributed by atoms with E-state index in [-0.39, 0.29) is 5.82 Å². The first-order chi connectivity index (χ1) is 9.84. The van der Waals surface area contributed by atoms with Crippen molar-refractivity contribution in [3.63, 3.8) is 0 Å². The number of imidazole rings is 1. The number of rotatable bonds is 4. The number of anilines is 1. The molecule has 0 bridgehead atoms. The van der Waals surface area contributed by atoms with Crippen LogP contribution in [0.1, 0.15) is 6.92 Å². The molecule has 0 amide bonds. The minimum absolute atomic E-state index is 0.0953. The summed E-state index contributed by atoms with van der Waals surface area (Å²) in [6.07, 6.45) is -1.46. The molecule has 110 valence electrons. The van der Waals surface area contributed by atoms with Gasteiger partial charge in [0.2, 0.25) is 0 Å². The van der Waals surface area contributed by atoms with Gasteiger partial charge >= 0.3 is 6.18 Å². The number of hydrogen-bond acceptors (Lipinski definition) is 4. The summed E-state index contributed by atoms with van der Waals surface area (Å²) in [5.74, 6) is -0.749. The average Bonchev–Trinajstić information content (AvgIpc) is 2.86. The number of aromatic nitrogens is 2. The van der Waals surface area contributed by atoms with Crippen LogP contribution in [0.25, 0.3) is 5.65 Å². The third kappa shape index (κ3) is 2.93. The molecule has 0 radical (unpaired) electrons. The summed E-state index contributed by atoms with van der Waals surface area (Å²) in [5, 5.41) is 9.22. The van der Waals surface area contributed by atoms with Crippen molar-refractivity contribution in [3.8, 4) is 0 Å². The molecule has 2 aromatic heterocycles. The molecular formula is C13H11F3N4O. The number of carbonyl (C=O) groups is 1. The summed E-state index contributed by atoms with van der Waals surface area (Å²) in [7, 11) is 0. The summed E-state index contributed by atoms with van der Waals surface area (Å²) in [6.45, 7) is 0.978. The maximum Gasteiger partial charge on any atom is 0.432 e. The summed E-state index contributed by atoms with van der Waals surface area (Å²) in [6, 6.07) is 4.59. The number of Topliss-reactive ketones (excluding diaryl/α,β-unsaturated/α-hetero) is 1. The molecule has 2 rings (SSSR count). The molecule has 21 heavy (non-hydrogen) atoms. The van der Waals surface area contributed by atoms with E-state index in [1.807, 2.05) is 0 Å². The molecule has 0 atom stereocenters. The van der Waals surface area contributed by atoms with Gasteiger partial charge < -0.3 is 10.7 Å². The first-order valence-corrected chi connectivity index (χ1v) is 5.86. The monoisotopic (exact) mass is 296 g/mol. The third-order valence-electron chi connectivity index (χ3n) is 2.76. The number of nitrogens with one attached hydrogen (secondary N) is 2. The van der Waals surface area contributed by atoms with Crippen LogP contribution >= 0.6 is 0 Å². The number of allylic oxidation sites excluding steroid dienone is 2. The van der Waals surface area contributed by atoms with Gasteiger partial charge in [-0.2, -0.15) is 13.2 Å². The highest BCUT2D eigenvalue weighted by Crippen LogP contribution is 2.29. The van der Waals surface area contributed by atoms with Crippen LogP contribution < -0.4 is 5.32 Å². The maximum absolute atomic E-state index is 13.1. The highest BCUT2D eigenvalue weighted by atomic mass is 19.4. The van der Waals surface area contributed by atoms with Gasteiger partial charge in [-0.15, -0.1) is 0 Å². The Morgan fingerprint density at radius 3 is 2.71 bits per heavy atom. The Morgan fingerprint density at radius 2 is 2.14 bits per heavy atom. The maximum atomic E-state index is 13.1. The molecule has 0 aliphatic rings. The Labute approximate surface area is 117 Å². The molecule has 8 heteroatoms. The molecule has 0 saturated carbocycles. The van der Waals surface area contributed by atoms with Crippen LogP contribution in [0, 0.1) is 5.41 Å². The van der Waals surface area contributed by atoms with Gasteiger partial charge in [0.05, 0.1) is 5.57 Å². The fraction of sp³-hybridized carbons (Fsp3) is 0.154. The zero-order chi connectivity index (χ0) is 15.6. The van der Waals surface area contributed by atoms with Crippen LogP contribution in [0.2, 0.25) is 0 Å². The minimum atomic E-state index is -4.79. The number of alkyl halides is 3. The largest absolute Gasteiger partial charge is 0.432 e. The Bertz CT molecular complexity index is 730. The first-order valence-electron chi connectivity index (χ1n) is 5.86. The average molecular weight is 296 g/mol. The predicted molar refractivity (Wildman–Crippen MR) is 71.4 cm³/mol. The second kappa shape index (κ2) is 5.39. The van der Waals surface area contributed by atoms with E-state index in [4.69, 9.17) is 5.41 Å². The second-order valence-electron chi connectivity index (χ2n) is 4.18. The van der Waals surface area contributed by atoms with Crippen molar-refractivity contribution in [2.75, 3.05) is 5.32 Å². The van der Waals surface area contributed by atoms with E-state index >= 15 is 0 Å². The molecule has 0 aliphatic carbocycles. The first kappa shape index (κ1) is 14.8. The Kier molecular flexibility index (Phi) is 3.79. The number of pyridine rings is 1. The number of hydrogen-bond donors (Lipinski definition) is 2. The van der Waals surface area contributed by atoms with Crippen molar-refractivity contribution in [2.24, 2.45) is 0 Å². The molecule has 2 N–H and O–H groups in total. The van der Waals surface area contributed by atoms with E-state index < -0.39 is 23.2 Å². The van der Waals surface area contributed by atoms with E-state index in [2.05, 4.69) is 10.3 Å². The van der Waals surface area contributed by atoms with Crippen molar-refractivity contribution in [2.45, 2.75) is 13.1 Å². The molecule has 2 heterocycles. The van der Waals surface area contributed by atoms with Crippen LogP contribution in [-0.2, 0) is 4.79 Å². The van der Waals surface area contributed by atoms with Gasteiger partial charge in [0.25, 0.3) is 0 Å². The molecule has 0 spiro atoms. The fourth-order valence-electron chi connectivity index (χ4n) is 1.82. The van der Waals surface area contributed by atoms with Crippen LogP contribution in [-0.4, -0.2) is 27.6 Å². The van der Waals surface area contributed by atoms with E-state index in [1.165, 1.54) is 28.9 Å². The Hall–Kier alpha value is -2.64. The van der Waals surface area contributed by atoms with Gasteiger partial charge in [0, 0.05) is 18.6 Å². The topological polar surface area (TPSA) is 70.2 Å². The lowest BCUT2D eigenvalue weighted by Crippen LogP contribution is -2.25. The summed E-state index contributed by atoms with van der Waals surface area (Å²) < 4.78 is 40.8. The molecule has 0 aromatic carbocycles. The molecule has 0 fully saturated rings. The molecule has 5 nitrogen and oxygen atoms in total.